The lowest BCUT2D eigenvalue weighted by Crippen LogP contribution is -2.45. The second kappa shape index (κ2) is 8.15. The van der Waals surface area contributed by atoms with Gasteiger partial charge < -0.3 is 20.7 Å². The average molecular weight is 305 g/mol. The zero-order valence-corrected chi connectivity index (χ0v) is 13.6. The minimum atomic E-state index is -0.0115. The second-order valence-corrected chi connectivity index (χ2v) is 6.01. The van der Waals surface area contributed by atoms with Crippen LogP contribution in [-0.4, -0.2) is 50.2 Å². The van der Waals surface area contributed by atoms with Gasteiger partial charge in [-0.25, -0.2) is 0 Å². The molecule has 0 unspecified atom stereocenters. The molecule has 0 aliphatic carbocycles. The first-order valence-electron chi connectivity index (χ1n) is 7.98. The van der Waals surface area contributed by atoms with E-state index in [1.165, 1.54) is 0 Å². The summed E-state index contributed by atoms with van der Waals surface area (Å²) >= 11 is 0. The van der Waals surface area contributed by atoms with Crippen molar-refractivity contribution in [3.05, 3.63) is 29.3 Å². The van der Waals surface area contributed by atoms with E-state index in [-0.39, 0.29) is 11.9 Å². The molecule has 22 heavy (non-hydrogen) atoms. The minimum Gasteiger partial charge on any atom is -0.399 e. The van der Waals surface area contributed by atoms with Crippen LogP contribution >= 0.6 is 0 Å². The van der Waals surface area contributed by atoms with E-state index in [1.54, 1.807) is 13.2 Å². The van der Waals surface area contributed by atoms with Crippen LogP contribution in [-0.2, 0) is 4.74 Å². The van der Waals surface area contributed by atoms with Crippen molar-refractivity contribution in [2.45, 2.75) is 32.2 Å². The van der Waals surface area contributed by atoms with Gasteiger partial charge in [-0.3, -0.25) is 4.79 Å². The number of nitrogens with one attached hydrogen (secondary N) is 1. The fourth-order valence-corrected chi connectivity index (χ4v) is 2.88. The molecular weight excluding hydrogens is 278 g/mol. The highest BCUT2D eigenvalue weighted by atomic mass is 16.5. The van der Waals surface area contributed by atoms with Crippen molar-refractivity contribution in [3.8, 4) is 0 Å². The van der Waals surface area contributed by atoms with Crippen molar-refractivity contribution in [2.24, 2.45) is 0 Å². The standard InChI is InChI=1S/C17H27N3O2/c1-13-4-5-14(18)12-16(13)17(21)19-15-6-9-20(10-7-15)8-3-11-22-2/h4-5,12,15H,3,6-11,18H2,1-2H3,(H,19,21). The normalized spacial score (nSPS) is 16.6. The number of benzene rings is 1. The highest BCUT2D eigenvalue weighted by Crippen LogP contribution is 2.15. The van der Waals surface area contributed by atoms with Gasteiger partial charge in [0.2, 0.25) is 0 Å². The van der Waals surface area contributed by atoms with Crippen LogP contribution < -0.4 is 11.1 Å². The SMILES string of the molecule is COCCCN1CCC(NC(=O)c2cc(N)ccc2C)CC1. The molecule has 5 nitrogen and oxygen atoms in total. The first kappa shape index (κ1) is 16.8. The third kappa shape index (κ3) is 4.71. The number of hydrogen-bond donors (Lipinski definition) is 2. The Hall–Kier alpha value is -1.59. The van der Waals surface area contributed by atoms with E-state index in [9.17, 15) is 4.79 Å². The molecular formula is C17H27N3O2. The Kier molecular flexibility index (Phi) is 6.21. The summed E-state index contributed by atoms with van der Waals surface area (Å²) in [4.78, 5) is 14.8. The van der Waals surface area contributed by atoms with E-state index in [4.69, 9.17) is 10.5 Å². The molecule has 1 aromatic rings. The van der Waals surface area contributed by atoms with Crippen LogP contribution in [0.4, 0.5) is 5.69 Å². The molecule has 0 bridgehead atoms. The summed E-state index contributed by atoms with van der Waals surface area (Å²) in [5.74, 6) is -0.0115. The zero-order valence-electron chi connectivity index (χ0n) is 13.6. The lowest BCUT2D eigenvalue weighted by Gasteiger charge is -2.32. The van der Waals surface area contributed by atoms with Crippen LogP contribution in [0.15, 0.2) is 18.2 Å². The van der Waals surface area contributed by atoms with Gasteiger partial charge in [0.15, 0.2) is 0 Å². The minimum absolute atomic E-state index is 0.0115. The number of rotatable bonds is 6. The number of amides is 1. The lowest BCUT2D eigenvalue weighted by molar-refractivity contribution is 0.0906. The van der Waals surface area contributed by atoms with Crippen LogP contribution in [0.1, 0.15) is 35.2 Å². The topological polar surface area (TPSA) is 67.6 Å². The Labute approximate surface area is 132 Å². The Bertz CT molecular complexity index is 497. The number of nitrogens with zero attached hydrogens (tertiary/aromatic N) is 1. The molecule has 0 spiro atoms. The highest BCUT2D eigenvalue weighted by molar-refractivity contribution is 5.96. The van der Waals surface area contributed by atoms with Crippen LogP contribution in [0.3, 0.4) is 0 Å². The molecule has 122 valence electrons. The van der Waals surface area contributed by atoms with E-state index < -0.39 is 0 Å². The first-order valence-corrected chi connectivity index (χ1v) is 7.98. The maximum atomic E-state index is 12.4. The lowest BCUT2D eigenvalue weighted by atomic mass is 10.0. The molecule has 2 rings (SSSR count). The highest BCUT2D eigenvalue weighted by Gasteiger charge is 2.21. The molecule has 0 atom stereocenters. The third-order valence-electron chi connectivity index (χ3n) is 4.25. The molecule has 3 N–H and O–H groups in total. The molecule has 1 aliphatic heterocycles. The van der Waals surface area contributed by atoms with Gasteiger partial charge >= 0.3 is 0 Å². The number of carbonyl (C=O) groups excluding carboxylic acids is 1. The number of methoxy groups -OCH3 is 1. The summed E-state index contributed by atoms with van der Waals surface area (Å²) in [5, 5.41) is 3.15. The van der Waals surface area contributed by atoms with Crippen molar-refractivity contribution in [1.82, 2.24) is 10.2 Å². The number of anilines is 1. The molecule has 0 aromatic heterocycles. The molecule has 1 heterocycles. The number of nitrogens with two attached hydrogens (primary N) is 1. The van der Waals surface area contributed by atoms with Crippen LogP contribution in [0.5, 0.6) is 0 Å². The van der Waals surface area contributed by atoms with Gasteiger partial charge in [0.1, 0.15) is 0 Å². The summed E-state index contributed by atoms with van der Waals surface area (Å²) in [6, 6.07) is 5.73. The molecule has 1 fully saturated rings. The quantitative estimate of drug-likeness (QED) is 0.621. The van der Waals surface area contributed by atoms with Crippen LogP contribution in [0.2, 0.25) is 0 Å². The van der Waals surface area contributed by atoms with Gasteiger partial charge in [-0.2, -0.15) is 0 Å². The summed E-state index contributed by atoms with van der Waals surface area (Å²) in [5.41, 5.74) is 8.05. The van der Waals surface area contributed by atoms with E-state index >= 15 is 0 Å². The van der Waals surface area contributed by atoms with Gasteiger partial charge in [0.25, 0.3) is 5.91 Å². The van der Waals surface area contributed by atoms with Crippen molar-refractivity contribution < 1.29 is 9.53 Å². The fourth-order valence-electron chi connectivity index (χ4n) is 2.88. The number of nitrogen functional groups attached to an aromatic ring is 1. The Morgan fingerprint density at radius 1 is 1.41 bits per heavy atom. The first-order chi connectivity index (χ1) is 10.6. The summed E-state index contributed by atoms with van der Waals surface area (Å²) in [6.07, 6.45) is 3.07. The maximum absolute atomic E-state index is 12.4. The molecule has 1 saturated heterocycles. The number of hydrogen-bond acceptors (Lipinski definition) is 4. The van der Waals surface area contributed by atoms with Crippen LogP contribution in [0, 0.1) is 6.92 Å². The molecule has 0 radical (unpaired) electrons. The van der Waals surface area contributed by atoms with Gasteiger partial charge in [-0.05, 0) is 43.9 Å². The number of piperidine rings is 1. The number of likely N-dealkylation sites (tertiary alicyclic amines) is 1. The van der Waals surface area contributed by atoms with Gasteiger partial charge in [0.05, 0.1) is 0 Å². The van der Waals surface area contributed by atoms with E-state index in [0.717, 1.165) is 51.1 Å². The van der Waals surface area contributed by atoms with Crippen molar-refractivity contribution >= 4 is 11.6 Å². The zero-order chi connectivity index (χ0) is 15.9. The van der Waals surface area contributed by atoms with Crippen molar-refractivity contribution in [3.63, 3.8) is 0 Å². The predicted octanol–water partition coefficient (Wildman–Crippen LogP) is 1.81. The van der Waals surface area contributed by atoms with Gasteiger partial charge in [-0.15, -0.1) is 0 Å². The van der Waals surface area contributed by atoms with E-state index in [2.05, 4.69) is 10.2 Å². The molecule has 1 aromatic carbocycles. The van der Waals surface area contributed by atoms with Crippen molar-refractivity contribution in [1.29, 1.82) is 0 Å². The third-order valence-corrected chi connectivity index (χ3v) is 4.25. The predicted molar refractivity (Wildman–Crippen MR) is 89.0 cm³/mol. The fraction of sp³-hybridized carbons (Fsp3) is 0.588. The Balaban J connectivity index is 1.80. The number of aryl methyl sites for hydroxylation is 1. The number of ether oxygens (including phenoxy) is 1. The van der Waals surface area contributed by atoms with E-state index in [1.807, 2.05) is 19.1 Å². The monoisotopic (exact) mass is 305 g/mol. The second-order valence-electron chi connectivity index (χ2n) is 6.01. The summed E-state index contributed by atoms with van der Waals surface area (Å²) in [7, 11) is 1.74. The average Bonchev–Trinajstić information content (AvgIpc) is 2.51. The Morgan fingerprint density at radius 3 is 2.82 bits per heavy atom. The van der Waals surface area contributed by atoms with Crippen LogP contribution in [0.25, 0.3) is 0 Å². The number of carbonyl (C=O) groups is 1. The Morgan fingerprint density at radius 2 is 2.14 bits per heavy atom. The maximum Gasteiger partial charge on any atom is 0.251 e. The molecule has 1 amide bonds. The molecule has 5 heteroatoms. The summed E-state index contributed by atoms with van der Waals surface area (Å²) < 4.78 is 5.08. The summed E-state index contributed by atoms with van der Waals surface area (Å²) in [6.45, 7) is 5.89. The molecule has 0 saturated carbocycles. The van der Waals surface area contributed by atoms with E-state index in [0.29, 0.717) is 11.3 Å². The molecule has 1 aliphatic rings. The smallest absolute Gasteiger partial charge is 0.251 e. The van der Waals surface area contributed by atoms with Gasteiger partial charge in [0, 0.05) is 50.6 Å². The van der Waals surface area contributed by atoms with Gasteiger partial charge in [-0.1, -0.05) is 6.07 Å². The largest absolute Gasteiger partial charge is 0.399 e. The van der Waals surface area contributed by atoms with Crippen molar-refractivity contribution in [2.75, 3.05) is 39.1 Å².